The molecule has 0 aliphatic heterocycles. The lowest BCUT2D eigenvalue weighted by Gasteiger charge is -2.10. The first kappa shape index (κ1) is 30.5. The molecule has 0 atom stereocenters. The monoisotopic (exact) mass is 616 g/mol. The maximum absolute atomic E-state index is 12.6. The van der Waals surface area contributed by atoms with E-state index < -0.39 is 10.1 Å². The second-order valence-electron chi connectivity index (χ2n) is 10.9. The van der Waals surface area contributed by atoms with Gasteiger partial charge in [0.25, 0.3) is 10.1 Å². The van der Waals surface area contributed by atoms with Gasteiger partial charge in [-0.15, -0.1) is 0 Å². The van der Waals surface area contributed by atoms with E-state index in [1.807, 2.05) is 109 Å². The van der Waals surface area contributed by atoms with Gasteiger partial charge in [0.1, 0.15) is 4.91 Å². The van der Waals surface area contributed by atoms with Crippen molar-refractivity contribution in [3.8, 4) is 0 Å². The average molecular weight is 617 g/mol. The van der Waals surface area contributed by atoms with Crippen molar-refractivity contribution < 1.29 is 13.0 Å². The quantitative estimate of drug-likeness (QED) is 0.130. The highest BCUT2D eigenvalue weighted by Gasteiger charge is 2.17. The van der Waals surface area contributed by atoms with E-state index >= 15 is 0 Å². The van der Waals surface area contributed by atoms with Crippen LogP contribution in [0.5, 0.6) is 0 Å². The van der Waals surface area contributed by atoms with Crippen LogP contribution in [0, 0.1) is 0 Å². The second-order valence-corrected chi connectivity index (χ2v) is 12.2. The summed E-state index contributed by atoms with van der Waals surface area (Å²) in [6, 6.07) is 55.4. The van der Waals surface area contributed by atoms with Crippen LogP contribution in [0.25, 0.3) is 34.3 Å². The molecule has 0 bridgehead atoms. The van der Waals surface area contributed by atoms with E-state index in [0.29, 0.717) is 11.1 Å². The highest BCUT2D eigenvalue weighted by molar-refractivity contribution is 7.95. The summed E-state index contributed by atoms with van der Waals surface area (Å²) in [6.07, 6.45) is 5.70. The Hall–Kier alpha value is -5.55. The van der Waals surface area contributed by atoms with Crippen LogP contribution in [0.15, 0.2) is 170 Å². The van der Waals surface area contributed by atoms with E-state index in [4.69, 9.17) is 0 Å². The molecule has 0 heterocycles. The summed E-state index contributed by atoms with van der Waals surface area (Å²) in [7, 11) is -4.51. The Morgan fingerprint density at radius 1 is 0.370 bits per heavy atom. The SMILES string of the molecule is O=S(=O)(O)/C(=C\c1ccc(C=C(c2ccccc2)c2ccccc2)cc1)c1ccc(C=C(c2ccccc2)c2ccccc2)cc1. The van der Waals surface area contributed by atoms with Crippen LogP contribution in [0.3, 0.4) is 0 Å². The first-order valence-electron chi connectivity index (χ1n) is 15.0. The van der Waals surface area contributed by atoms with E-state index in [2.05, 4.69) is 60.7 Å². The van der Waals surface area contributed by atoms with Crippen LogP contribution in [-0.2, 0) is 10.1 Å². The third-order valence-electron chi connectivity index (χ3n) is 7.67. The van der Waals surface area contributed by atoms with Gasteiger partial charge in [0, 0.05) is 0 Å². The Bertz CT molecular complexity index is 2010. The van der Waals surface area contributed by atoms with Crippen molar-refractivity contribution in [2.75, 3.05) is 0 Å². The fourth-order valence-corrected chi connectivity index (χ4v) is 6.08. The molecule has 224 valence electrons. The van der Waals surface area contributed by atoms with Crippen LogP contribution in [0.4, 0.5) is 0 Å². The molecule has 6 aromatic carbocycles. The highest BCUT2D eigenvalue weighted by atomic mass is 32.2. The number of hydrogen-bond acceptors (Lipinski definition) is 2. The van der Waals surface area contributed by atoms with Crippen LogP contribution in [0.2, 0.25) is 0 Å². The minimum absolute atomic E-state index is 0.160. The lowest BCUT2D eigenvalue weighted by atomic mass is 9.95. The van der Waals surface area contributed by atoms with Crippen molar-refractivity contribution >= 4 is 44.4 Å². The molecule has 0 saturated carbocycles. The van der Waals surface area contributed by atoms with Crippen LogP contribution >= 0.6 is 0 Å². The van der Waals surface area contributed by atoms with Crippen molar-refractivity contribution in [2.24, 2.45) is 0 Å². The lowest BCUT2D eigenvalue weighted by molar-refractivity contribution is 0.496. The van der Waals surface area contributed by atoms with E-state index in [1.54, 1.807) is 12.1 Å². The van der Waals surface area contributed by atoms with Gasteiger partial charge in [-0.2, -0.15) is 8.42 Å². The molecule has 4 heteroatoms. The first-order chi connectivity index (χ1) is 22.4. The van der Waals surface area contributed by atoms with Gasteiger partial charge in [-0.3, -0.25) is 4.55 Å². The fraction of sp³-hybridized carbons (Fsp3) is 0. The van der Waals surface area contributed by atoms with Gasteiger partial charge in [-0.1, -0.05) is 170 Å². The van der Waals surface area contributed by atoms with Gasteiger partial charge in [-0.25, -0.2) is 0 Å². The number of hydrogen-bond donors (Lipinski definition) is 1. The molecule has 0 fully saturated rings. The molecule has 0 aliphatic rings. The molecular formula is C42H32O3S. The number of benzene rings is 6. The van der Waals surface area contributed by atoms with Crippen molar-refractivity contribution in [2.45, 2.75) is 0 Å². The molecule has 0 amide bonds. The molecule has 6 aromatic rings. The third kappa shape index (κ3) is 7.56. The van der Waals surface area contributed by atoms with Gasteiger partial charge in [-0.05, 0) is 73.9 Å². The van der Waals surface area contributed by atoms with Gasteiger partial charge < -0.3 is 0 Å². The second kappa shape index (κ2) is 14.0. The summed E-state index contributed by atoms with van der Waals surface area (Å²) >= 11 is 0. The Balaban J connectivity index is 1.31. The van der Waals surface area contributed by atoms with E-state index in [1.165, 1.54) is 6.08 Å². The van der Waals surface area contributed by atoms with Crippen LogP contribution in [0.1, 0.15) is 44.5 Å². The average Bonchev–Trinajstić information content (AvgIpc) is 3.10. The highest BCUT2D eigenvalue weighted by Crippen LogP contribution is 2.29. The standard InChI is InChI=1S/C42H32O3S/c43-46(44,45)42(39-27-25-33(26-28-39)30-41(37-17-9-3-10-18-37)38-19-11-4-12-20-38)31-34-23-21-32(22-24-34)29-40(35-13-5-1-6-14-35)36-15-7-2-8-16-36/h1-31H,(H,43,44,45)/b42-31-. The fourth-order valence-electron chi connectivity index (χ4n) is 5.36. The molecule has 0 spiro atoms. The van der Waals surface area contributed by atoms with Gasteiger partial charge >= 0.3 is 0 Å². The summed E-state index contributed by atoms with van der Waals surface area (Å²) < 4.78 is 35.3. The van der Waals surface area contributed by atoms with Crippen molar-refractivity contribution in [1.82, 2.24) is 0 Å². The molecule has 1 N–H and O–H groups in total. The zero-order chi connectivity index (χ0) is 31.8. The van der Waals surface area contributed by atoms with E-state index in [9.17, 15) is 13.0 Å². The first-order valence-corrected chi connectivity index (χ1v) is 16.4. The van der Waals surface area contributed by atoms with Crippen molar-refractivity contribution in [1.29, 1.82) is 0 Å². The van der Waals surface area contributed by atoms with Gasteiger partial charge in [0.05, 0.1) is 0 Å². The van der Waals surface area contributed by atoms with Gasteiger partial charge in [0.2, 0.25) is 0 Å². The van der Waals surface area contributed by atoms with Crippen molar-refractivity contribution in [3.05, 3.63) is 214 Å². The Morgan fingerprint density at radius 2 is 0.652 bits per heavy atom. The molecule has 0 aromatic heterocycles. The Kier molecular flexibility index (Phi) is 9.30. The largest absolute Gasteiger partial charge is 0.295 e. The molecule has 0 saturated heterocycles. The molecular weight excluding hydrogens is 585 g/mol. The predicted octanol–water partition coefficient (Wildman–Crippen LogP) is 10.3. The normalized spacial score (nSPS) is 11.5. The maximum atomic E-state index is 12.6. The summed E-state index contributed by atoms with van der Waals surface area (Å²) in [5.74, 6) is 0. The molecule has 3 nitrogen and oxygen atoms in total. The Labute approximate surface area is 270 Å². The smallest absolute Gasteiger partial charge is 0.282 e. The Morgan fingerprint density at radius 3 is 0.957 bits per heavy atom. The zero-order valence-corrected chi connectivity index (χ0v) is 25.9. The minimum Gasteiger partial charge on any atom is -0.282 e. The number of rotatable bonds is 9. The van der Waals surface area contributed by atoms with Gasteiger partial charge in [0.15, 0.2) is 0 Å². The summed E-state index contributed by atoms with van der Waals surface area (Å²) in [4.78, 5) is -0.160. The summed E-state index contributed by atoms with van der Waals surface area (Å²) in [5, 5.41) is 0. The minimum atomic E-state index is -4.51. The summed E-state index contributed by atoms with van der Waals surface area (Å²) in [5.41, 5.74) is 9.43. The van der Waals surface area contributed by atoms with Crippen molar-refractivity contribution in [3.63, 3.8) is 0 Å². The van der Waals surface area contributed by atoms with E-state index in [0.717, 1.165) is 44.5 Å². The van der Waals surface area contributed by atoms with E-state index in [-0.39, 0.29) is 4.91 Å². The molecule has 0 unspecified atom stereocenters. The molecule has 6 rings (SSSR count). The van der Waals surface area contributed by atoms with Crippen LogP contribution in [-0.4, -0.2) is 13.0 Å². The van der Waals surface area contributed by atoms with Crippen LogP contribution < -0.4 is 0 Å². The molecule has 0 radical (unpaired) electrons. The third-order valence-corrected chi connectivity index (χ3v) is 8.58. The summed E-state index contributed by atoms with van der Waals surface area (Å²) in [6.45, 7) is 0. The topological polar surface area (TPSA) is 54.4 Å². The zero-order valence-electron chi connectivity index (χ0n) is 25.1. The maximum Gasteiger partial charge on any atom is 0.295 e. The lowest BCUT2D eigenvalue weighted by Crippen LogP contribution is -2.01. The molecule has 0 aliphatic carbocycles. The predicted molar refractivity (Wildman–Crippen MR) is 192 cm³/mol. The molecule has 46 heavy (non-hydrogen) atoms.